The molecule has 7 nitrogen and oxygen atoms in total. The van der Waals surface area contributed by atoms with Crippen LogP contribution in [0.25, 0.3) is 0 Å². The zero-order valence-corrected chi connectivity index (χ0v) is 15.6. The summed E-state index contributed by atoms with van der Waals surface area (Å²) in [6.45, 7) is 1.64. The van der Waals surface area contributed by atoms with Gasteiger partial charge in [-0.25, -0.2) is 0 Å². The number of furan rings is 1. The van der Waals surface area contributed by atoms with Gasteiger partial charge in [0.2, 0.25) is 11.8 Å². The van der Waals surface area contributed by atoms with Gasteiger partial charge in [-0.1, -0.05) is 12.1 Å². The van der Waals surface area contributed by atoms with Gasteiger partial charge >= 0.3 is 0 Å². The first-order valence-electron chi connectivity index (χ1n) is 9.66. The van der Waals surface area contributed by atoms with E-state index in [0.717, 1.165) is 24.9 Å². The molecule has 3 amide bonds. The van der Waals surface area contributed by atoms with Crippen LogP contribution in [0, 0.1) is 5.92 Å². The number of benzene rings is 1. The van der Waals surface area contributed by atoms with E-state index >= 15 is 0 Å². The van der Waals surface area contributed by atoms with Gasteiger partial charge in [-0.15, -0.1) is 0 Å². The van der Waals surface area contributed by atoms with Gasteiger partial charge in [0.25, 0.3) is 5.91 Å². The standard InChI is InChI=1S/C21H23N3O4/c25-19-10-4-12-24(19)17-8-2-1-7-16(17)22-20(26)15-6-3-11-23(14-15)21(27)18-9-5-13-28-18/h1-2,5,7-9,13,15H,3-4,6,10-12,14H2,(H,22,26). The minimum atomic E-state index is -0.296. The number of carbonyl (C=O) groups excluding carboxylic acids is 3. The Bertz CT molecular complexity index is 878. The molecule has 2 aliphatic heterocycles. The predicted octanol–water partition coefficient (Wildman–Crippen LogP) is 2.90. The summed E-state index contributed by atoms with van der Waals surface area (Å²) >= 11 is 0. The Balaban J connectivity index is 1.45. The van der Waals surface area contributed by atoms with Crippen molar-refractivity contribution in [2.45, 2.75) is 25.7 Å². The Morgan fingerprint density at radius 2 is 1.93 bits per heavy atom. The smallest absolute Gasteiger partial charge is 0.289 e. The fourth-order valence-corrected chi connectivity index (χ4v) is 3.88. The topological polar surface area (TPSA) is 82.9 Å². The first-order chi connectivity index (χ1) is 13.6. The average molecular weight is 381 g/mol. The van der Waals surface area contributed by atoms with Gasteiger partial charge in [-0.3, -0.25) is 14.4 Å². The van der Waals surface area contributed by atoms with Crippen molar-refractivity contribution in [3.05, 3.63) is 48.4 Å². The number of hydrogen-bond donors (Lipinski definition) is 1. The van der Waals surface area contributed by atoms with Crippen LogP contribution in [-0.2, 0) is 9.59 Å². The summed E-state index contributed by atoms with van der Waals surface area (Å²) in [4.78, 5) is 40.9. The number of nitrogens with one attached hydrogen (secondary N) is 1. The lowest BCUT2D eigenvalue weighted by molar-refractivity contribution is -0.121. The number of carbonyl (C=O) groups is 3. The lowest BCUT2D eigenvalue weighted by Crippen LogP contribution is -2.43. The van der Waals surface area contributed by atoms with Crippen LogP contribution in [0.5, 0.6) is 0 Å². The SMILES string of the molecule is O=C(Nc1ccccc1N1CCCC1=O)C1CCCN(C(=O)c2ccco2)C1. The highest BCUT2D eigenvalue weighted by Gasteiger charge is 2.31. The van der Waals surface area contributed by atoms with Crippen LogP contribution in [0.1, 0.15) is 36.2 Å². The van der Waals surface area contributed by atoms with Crippen LogP contribution in [0.2, 0.25) is 0 Å². The molecule has 7 heteroatoms. The van der Waals surface area contributed by atoms with Crippen LogP contribution in [0.4, 0.5) is 11.4 Å². The third-order valence-corrected chi connectivity index (χ3v) is 5.34. The molecular weight excluding hydrogens is 358 g/mol. The number of rotatable bonds is 4. The predicted molar refractivity (Wildman–Crippen MR) is 104 cm³/mol. The Kier molecular flexibility index (Phi) is 5.14. The Morgan fingerprint density at radius 1 is 1.07 bits per heavy atom. The van der Waals surface area contributed by atoms with Gasteiger partial charge in [-0.05, 0) is 43.5 Å². The van der Waals surface area contributed by atoms with E-state index in [1.807, 2.05) is 24.3 Å². The minimum absolute atomic E-state index is 0.0783. The molecule has 28 heavy (non-hydrogen) atoms. The molecule has 1 aromatic carbocycles. The van der Waals surface area contributed by atoms with Crippen LogP contribution in [0.15, 0.2) is 47.1 Å². The number of amides is 3. The Hall–Kier alpha value is -3.09. The molecule has 0 radical (unpaired) electrons. The number of nitrogens with zero attached hydrogens (tertiary/aromatic N) is 2. The van der Waals surface area contributed by atoms with Crippen molar-refractivity contribution in [3.63, 3.8) is 0 Å². The fraction of sp³-hybridized carbons (Fsp3) is 0.381. The van der Waals surface area contributed by atoms with Gasteiger partial charge in [0.05, 0.1) is 23.6 Å². The van der Waals surface area contributed by atoms with Crippen molar-refractivity contribution >= 4 is 29.1 Å². The summed E-state index contributed by atoms with van der Waals surface area (Å²) in [5.41, 5.74) is 1.37. The fourth-order valence-electron chi connectivity index (χ4n) is 3.88. The normalized spacial score (nSPS) is 19.7. The van der Waals surface area contributed by atoms with E-state index in [-0.39, 0.29) is 23.6 Å². The van der Waals surface area contributed by atoms with E-state index in [0.29, 0.717) is 37.5 Å². The summed E-state index contributed by atoms with van der Waals surface area (Å²) in [6.07, 6.45) is 4.32. The molecule has 4 rings (SSSR count). The molecule has 0 bridgehead atoms. The van der Waals surface area contributed by atoms with Crippen LogP contribution in [0.3, 0.4) is 0 Å². The second kappa shape index (κ2) is 7.88. The van der Waals surface area contributed by atoms with E-state index in [2.05, 4.69) is 5.32 Å². The Morgan fingerprint density at radius 3 is 2.68 bits per heavy atom. The molecule has 1 aromatic heterocycles. The molecule has 2 aromatic rings. The molecule has 0 aliphatic carbocycles. The first kappa shape index (κ1) is 18.3. The van der Waals surface area contributed by atoms with Crippen LogP contribution < -0.4 is 10.2 Å². The van der Waals surface area contributed by atoms with Crippen molar-refractivity contribution in [2.75, 3.05) is 29.9 Å². The number of hydrogen-bond acceptors (Lipinski definition) is 4. The van der Waals surface area contributed by atoms with Crippen molar-refractivity contribution in [1.29, 1.82) is 0 Å². The maximum Gasteiger partial charge on any atom is 0.289 e. The second-order valence-electron chi connectivity index (χ2n) is 7.22. The monoisotopic (exact) mass is 381 g/mol. The summed E-state index contributed by atoms with van der Waals surface area (Å²) in [7, 11) is 0. The lowest BCUT2D eigenvalue weighted by atomic mass is 9.96. The molecule has 2 fully saturated rings. The van der Waals surface area contributed by atoms with Crippen molar-refractivity contribution < 1.29 is 18.8 Å². The van der Waals surface area contributed by atoms with E-state index < -0.39 is 0 Å². The van der Waals surface area contributed by atoms with Crippen LogP contribution >= 0.6 is 0 Å². The summed E-state index contributed by atoms with van der Waals surface area (Å²) in [6, 6.07) is 10.7. The number of piperidine rings is 1. The number of anilines is 2. The Labute approximate surface area is 163 Å². The molecule has 1 unspecified atom stereocenters. The second-order valence-corrected chi connectivity index (χ2v) is 7.22. The van der Waals surface area contributed by atoms with Gasteiger partial charge < -0.3 is 19.5 Å². The lowest BCUT2D eigenvalue weighted by Gasteiger charge is -2.31. The molecule has 1 N–H and O–H groups in total. The highest BCUT2D eigenvalue weighted by Crippen LogP contribution is 2.30. The van der Waals surface area contributed by atoms with Crippen molar-refractivity contribution in [2.24, 2.45) is 5.92 Å². The van der Waals surface area contributed by atoms with E-state index in [9.17, 15) is 14.4 Å². The highest BCUT2D eigenvalue weighted by molar-refractivity contribution is 6.02. The molecule has 3 heterocycles. The molecule has 2 saturated heterocycles. The third kappa shape index (κ3) is 3.65. The quantitative estimate of drug-likeness (QED) is 0.883. The summed E-state index contributed by atoms with van der Waals surface area (Å²) < 4.78 is 5.19. The van der Waals surface area contributed by atoms with Gasteiger partial charge in [0.1, 0.15) is 0 Å². The molecule has 2 aliphatic rings. The maximum atomic E-state index is 12.9. The van der Waals surface area contributed by atoms with Crippen molar-refractivity contribution in [3.8, 4) is 0 Å². The molecule has 146 valence electrons. The highest BCUT2D eigenvalue weighted by atomic mass is 16.3. The maximum absolute atomic E-state index is 12.9. The molecule has 0 saturated carbocycles. The molecule has 1 atom stereocenters. The number of likely N-dealkylation sites (tertiary alicyclic amines) is 1. The van der Waals surface area contributed by atoms with Crippen molar-refractivity contribution in [1.82, 2.24) is 4.90 Å². The van der Waals surface area contributed by atoms with Gasteiger partial charge in [0.15, 0.2) is 5.76 Å². The van der Waals surface area contributed by atoms with Crippen LogP contribution in [-0.4, -0.2) is 42.3 Å². The third-order valence-electron chi connectivity index (χ3n) is 5.34. The minimum Gasteiger partial charge on any atom is -0.459 e. The van der Waals surface area contributed by atoms with E-state index in [1.165, 1.54) is 6.26 Å². The van der Waals surface area contributed by atoms with Gasteiger partial charge in [-0.2, -0.15) is 0 Å². The zero-order chi connectivity index (χ0) is 19.5. The average Bonchev–Trinajstić information content (AvgIpc) is 3.40. The first-order valence-corrected chi connectivity index (χ1v) is 9.66. The van der Waals surface area contributed by atoms with Gasteiger partial charge in [0, 0.05) is 26.1 Å². The number of para-hydroxylation sites is 2. The summed E-state index contributed by atoms with van der Waals surface area (Å²) in [5.74, 6) is -0.245. The molecular formula is C21H23N3O4. The van der Waals surface area contributed by atoms with E-state index in [1.54, 1.807) is 21.9 Å². The zero-order valence-electron chi connectivity index (χ0n) is 15.6. The van der Waals surface area contributed by atoms with E-state index in [4.69, 9.17) is 4.42 Å². The largest absolute Gasteiger partial charge is 0.459 e. The summed E-state index contributed by atoms with van der Waals surface area (Å²) in [5, 5.41) is 2.98. The molecule has 0 spiro atoms.